The van der Waals surface area contributed by atoms with Crippen LogP contribution in [0.3, 0.4) is 0 Å². The molecule has 1 heterocycles. The molecule has 7 heteroatoms. The first-order chi connectivity index (χ1) is 17.4. The smallest absolute Gasteiger partial charge is 0.165 e. The standard InChI is InChI=1S/C29H32ClFO5/c1-2-34-27-11-8-21(13-26(27)31)12-23-14-22(9-10-25(23)30)28-15-24(16-29(18-32,19-33)36-28)35-17-20-6-4-3-5-7-20/h3-11,13-14,24,28,32-33H,2,12,15-19H2,1H3/t24?,28-/m1/s1. The topological polar surface area (TPSA) is 68.2 Å². The van der Waals surface area contributed by atoms with Gasteiger partial charge in [-0.1, -0.05) is 60.1 Å². The van der Waals surface area contributed by atoms with Crippen LogP contribution in [-0.4, -0.2) is 41.7 Å². The lowest BCUT2D eigenvalue weighted by Gasteiger charge is -2.43. The highest BCUT2D eigenvalue weighted by molar-refractivity contribution is 6.31. The summed E-state index contributed by atoms with van der Waals surface area (Å²) >= 11 is 6.50. The monoisotopic (exact) mass is 514 g/mol. The average molecular weight is 515 g/mol. The van der Waals surface area contributed by atoms with E-state index >= 15 is 0 Å². The fourth-order valence-corrected chi connectivity index (χ4v) is 4.77. The quantitative estimate of drug-likeness (QED) is 0.367. The molecule has 5 nitrogen and oxygen atoms in total. The number of ether oxygens (including phenoxy) is 3. The van der Waals surface area contributed by atoms with Gasteiger partial charge >= 0.3 is 0 Å². The molecule has 0 spiro atoms. The number of hydrogen-bond donors (Lipinski definition) is 2. The van der Waals surface area contributed by atoms with Gasteiger partial charge in [-0.15, -0.1) is 0 Å². The van der Waals surface area contributed by atoms with Crippen molar-refractivity contribution in [1.82, 2.24) is 0 Å². The van der Waals surface area contributed by atoms with Gasteiger partial charge in [-0.3, -0.25) is 0 Å². The molecule has 2 atom stereocenters. The van der Waals surface area contributed by atoms with Gasteiger partial charge in [0.25, 0.3) is 0 Å². The molecule has 0 aromatic heterocycles. The number of aliphatic hydroxyl groups excluding tert-OH is 2. The summed E-state index contributed by atoms with van der Waals surface area (Å²) < 4.78 is 32.1. The largest absolute Gasteiger partial charge is 0.491 e. The maximum atomic E-state index is 14.4. The van der Waals surface area contributed by atoms with E-state index in [-0.39, 0.29) is 25.1 Å². The van der Waals surface area contributed by atoms with Crippen LogP contribution in [0.25, 0.3) is 0 Å². The molecule has 1 aliphatic rings. The first kappa shape index (κ1) is 26.6. The van der Waals surface area contributed by atoms with Crippen LogP contribution in [0.15, 0.2) is 66.7 Å². The van der Waals surface area contributed by atoms with E-state index in [2.05, 4.69) is 0 Å². The second-order valence-electron chi connectivity index (χ2n) is 9.19. The van der Waals surface area contributed by atoms with Gasteiger partial charge in [-0.2, -0.15) is 0 Å². The Bertz CT molecular complexity index is 1140. The van der Waals surface area contributed by atoms with Crippen molar-refractivity contribution in [2.45, 2.75) is 50.6 Å². The highest BCUT2D eigenvalue weighted by atomic mass is 35.5. The Morgan fingerprint density at radius 1 is 1.03 bits per heavy atom. The van der Waals surface area contributed by atoms with Crippen molar-refractivity contribution in [3.05, 3.63) is 99.8 Å². The second-order valence-corrected chi connectivity index (χ2v) is 9.60. The summed E-state index contributed by atoms with van der Waals surface area (Å²) in [6, 6.07) is 20.4. The fourth-order valence-electron chi connectivity index (χ4n) is 4.59. The lowest BCUT2D eigenvalue weighted by Crippen LogP contribution is -2.49. The van der Waals surface area contributed by atoms with E-state index in [9.17, 15) is 14.6 Å². The Labute approximate surface area is 216 Å². The van der Waals surface area contributed by atoms with Crippen LogP contribution in [-0.2, 0) is 22.5 Å². The lowest BCUT2D eigenvalue weighted by atomic mass is 9.87. The first-order valence-corrected chi connectivity index (χ1v) is 12.6. The summed E-state index contributed by atoms with van der Waals surface area (Å²) in [6.07, 6.45) is 0.749. The van der Waals surface area contributed by atoms with Crippen molar-refractivity contribution in [2.24, 2.45) is 0 Å². The van der Waals surface area contributed by atoms with Crippen molar-refractivity contribution in [3.63, 3.8) is 0 Å². The predicted molar refractivity (Wildman–Crippen MR) is 137 cm³/mol. The van der Waals surface area contributed by atoms with Crippen LogP contribution in [0.2, 0.25) is 5.02 Å². The summed E-state index contributed by atoms with van der Waals surface area (Å²) in [4.78, 5) is 0. The molecule has 1 unspecified atom stereocenters. The van der Waals surface area contributed by atoms with Gasteiger partial charge < -0.3 is 24.4 Å². The van der Waals surface area contributed by atoms with Gasteiger partial charge in [0.05, 0.1) is 38.6 Å². The van der Waals surface area contributed by atoms with Gasteiger partial charge in [0, 0.05) is 17.9 Å². The van der Waals surface area contributed by atoms with E-state index in [0.29, 0.717) is 37.5 Å². The third-order valence-corrected chi connectivity index (χ3v) is 6.87. The number of halogens is 2. The molecule has 0 saturated carbocycles. The van der Waals surface area contributed by atoms with Crippen LogP contribution in [0.4, 0.5) is 4.39 Å². The van der Waals surface area contributed by atoms with Crippen molar-refractivity contribution in [2.75, 3.05) is 19.8 Å². The molecule has 192 valence electrons. The molecule has 4 rings (SSSR count). The van der Waals surface area contributed by atoms with Crippen LogP contribution in [0.5, 0.6) is 5.75 Å². The van der Waals surface area contributed by atoms with Crippen molar-refractivity contribution in [3.8, 4) is 5.75 Å². The molecule has 1 saturated heterocycles. The number of rotatable bonds is 10. The molecule has 2 N–H and O–H groups in total. The molecule has 3 aromatic carbocycles. The Morgan fingerprint density at radius 2 is 1.81 bits per heavy atom. The minimum Gasteiger partial charge on any atom is -0.491 e. The summed E-state index contributed by atoms with van der Waals surface area (Å²) in [6.45, 7) is 1.99. The zero-order valence-electron chi connectivity index (χ0n) is 20.3. The molecule has 1 aliphatic heterocycles. The zero-order chi connectivity index (χ0) is 25.5. The van der Waals surface area contributed by atoms with Gasteiger partial charge in [0.15, 0.2) is 11.6 Å². The number of aliphatic hydroxyl groups is 2. The highest BCUT2D eigenvalue weighted by Crippen LogP contribution is 2.40. The first-order valence-electron chi connectivity index (χ1n) is 12.2. The number of benzene rings is 3. The van der Waals surface area contributed by atoms with Gasteiger partial charge in [-0.25, -0.2) is 4.39 Å². The van der Waals surface area contributed by atoms with Crippen LogP contribution >= 0.6 is 11.6 Å². The summed E-state index contributed by atoms with van der Waals surface area (Å²) in [5.41, 5.74) is 2.40. The van der Waals surface area contributed by atoms with Crippen molar-refractivity contribution < 1.29 is 28.8 Å². The van der Waals surface area contributed by atoms with Gasteiger partial charge in [0.1, 0.15) is 5.60 Å². The molecule has 0 aliphatic carbocycles. The van der Waals surface area contributed by atoms with Crippen LogP contribution in [0, 0.1) is 5.82 Å². The molecule has 0 amide bonds. The van der Waals surface area contributed by atoms with Crippen molar-refractivity contribution in [1.29, 1.82) is 0 Å². The minimum absolute atomic E-state index is 0.220. The maximum Gasteiger partial charge on any atom is 0.165 e. The van der Waals surface area contributed by atoms with E-state index in [1.54, 1.807) is 12.1 Å². The average Bonchev–Trinajstić information content (AvgIpc) is 2.90. The van der Waals surface area contributed by atoms with Gasteiger partial charge in [-0.05, 0) is 53.8 Å². The summed E-state index contributed by atoms with van der Waals surface area (Å²) in [5, 5.41) is 20.7. The fraction of sp³-hybridized carbons (Fsp3) is 0.379. The summed E-state index contributed by atoms with van der Waals surface area (Å²) in [5.74, 6) is -0.186. The molecule has 36 heavy (non-hydrogen) atoms. The second kappa shape index (κ2) is 12.2. The van der Waals surface area contributed by atoms with E-state index in [4.69, 9.17) is 25.8 Å². The molecule has 3 aromatic rings. The van der Waals surface area contributed by atoms with Crippen LogP contribution < -0.4 is 4.74 Å². The van der Waals surface area contributed by atoms with Crippen LogP contribution in [0.1, 0.15) is 48.1 Å². The Balaban J connectivity index is 1.54. The molecular weight excluding hydrogens is 483 g/mol. The molecule has 1 fully saturated rings. The van der Waals surface area contributed by atoms with E-state index < -0.39 is 17.5 Å². The maximum absolute atomic E-state index is 14.4. The Kier molecular flexibility index (Phi) is 8.99. The van der Waals surface area contributed by atoms with E-state index in [0.717, 1.165) is 22.3 Å². The van der Waals surface area contributed by atoms with E-state index in [1.165, 1.54) is 6.07 Å². The normalized spacial score (nSPS) is 19.2. The Morgan fingerprint density at radius 3 is 2.50 bits per heavy atom. The van der Waals surface area contributed by atoms with Crippen molar-refractivity contribution >= 4 is 11.6 Å². The zero-order valence-corrected chi connectivity index (χ0v) is 21.1. The number of hydrogen-bond acceptors (Lipinski definition) is 5. The predicted octanol–water partition coefficient (Wildman–Crippen LogP) is 5.63. The highest BCUT2D eigenvalue weighted by Gasteiger charge is 2.42. The third kappa shape index (κ3) is 6.44. The third-order valence-electron chi connectivity index (χ3n) is 6.51. The molecule has 0 bridgehead atoms. The minimum atomic E-state index is -1.11. The SMILES string of the molecule is CCOc1ccc(Cc2cc([C@H]3CC(OCc4ccccc4)CC(CO)(CO)O3)ccc2Cl)cc1F. The Hall–Kier alpha value is -2.48. The van der Waals surface area contributed by atoms with E-state index in [1.807, 2.05) is 55.5 Å². The molecular formula is C29H32ClFO5. The van der Waals surface area contributed by atoms with Gasteiger partial charge in [0.2, 0.25) is 0 Å². The molecule has 0 radical (unpaired) electrons. The summed E-state index contributed by atoms with van der Waals surface area (Å²) in [7, 11) is 0. The lowest BCUT2D eigenvalue weighted by molar-refractivity contribution is -0.207.